The third-order valence-corrected chi connectivity index (χ3v) is 3.66. The van der Waals surface area contributed by atoms with Gasteiger partial charge < -0.3 is 9.67 Å². The van der Waals surface area contributed by atoms with Crippen LogP contribution in [0.4, 0.5) is 0 Å². The number of rotatable bonds is 4. The van der Waals surface area contributed by atoms with E-state index in [0.717, 1.165) is 17.0 Å². The molecule has 120 valence electrons. The molecule has 2 aromatic rings. The quantitative estimate of drug-likeness (QED) is 0.666. The number of nitrogens with zero attached hydrogens (tertiary/aromatic N) is 2. The predicted octanol–water partition coefficient (Wildman–Crippen LogP) is 2.92. The van der Waals surface area contributed by atoms with E-state index in [1.54, 1.807) is 18.3 Å². The van der Waals surface area contributed by atoms with Crippen LogP contribution in [0.3, 0.4) is 0 Å². The van der Waals surface area contributed by atoms with Gasteiger partial charge in [-0.15, -0.1) is 0 Å². The molecule has 6 nitrogen and oxygen atoms in total. The molecule has 23 heavy (non-hydrogen) atoms. The first-order valence-electron chi connectivity index (χ1n) is 6.83. The van der Waals surface area contributed by atoms with E-state index in [2.05, 4.69) is 10.5 Å². The molecule has 0 radical (unpaired) electrons. The smallest absolute Gasteiger partial charge is 0.337 e. The summed E-state index contributed by atoms with van der Waals surface area (Å²) in [5.74, 6) is -1.33. The summed E-state index contributed by atoms with van der Waals surface area (Å²) in [6.45, 7) is 5.16. The summed E-state index contributed by atoms with van der Waals surface area (Å²) >= 11 is 5.91. The van der Waals surface area contributed by atoms with Gasteiger partial charge in [-0.05, 0) is 38.1 Å². The topological polar surface area (TPSA) is 83.7 Å². The molecule has 0 saturated carbocycles. The van der Waals surface area contributed by atoms with Gasteiger partial charge in [-0.25, -0.2) is 10.2 Å². The van der Waals surface area contributed by atoms with Crippen LogP contribution in [-0.2, 0) is 4.79 Å². The van der Waals surface area contributed by atoms with Gasteiger partial charge in [0.25, 0.3) is 0 Å². The monoisotopic (exact) mass is 333 g/mol. The van der Waals surface area contributed by atoms with Crippen LogP contribution in [0.2, 0.25) is 5.02 Å². The highest BCUT2D eigenvalue weighted by atomic mass is 35.5. The zero-order chi connectivity index (χ0) is 17.1. The summed E-state index contributed by atoms with van der Waals surface area (Å²) in [7, 11) is 0. The van der Waals surface area contributed by atoms with E-state index in [1.807, 2.05) is 24.5 Å². The zero-order valence-corrected chi connectivity index (χ0v) is 13.7. The molecular weight excluding hydrogens is 318 g/mol. The van der Waals surface area contributed by atoms with E-state index < -0.39 is 5.97 Å². The summed E-state index contributed by atoms with van der Waals surface area (Å²) in [6, 6.07) is 6.74. The number of carboxylic acid groups (broad SMARTS) is 1. The molecule has 7 heteroatoms. The Hall–Kier alpha value is -2.60. The SMILES string of the molecule is CC(=O)N/N=C\c1cc(C)n(-c2ccc(Cl)c(C(=O)O)c2)c1C. The average molecular weight is 334 g/mol. The molecule has 1 amide bonds. The summed E-state index contributed by atoms with van der Waals surface area (Å²) in [5, 5.41) is 13.2. The van der Waals surface area contributed by atoms with Crippen molar-refractivity contribution in [1.29, 1.82) is 0 Å². The van der Waals surface area contributed by atoms with E-state index >= 15 is 0 Å². The lowest BCUT2D eigenvalue weighted by Crippen LogP contribution is -2.12. The van der Waals surface area contributed by atoms with Gasteiger partial charge in [0.1, 0.15) is 0 Å². The summed E-state index contributed by atoms with van der Waals surface area (Å²) in [4.78, 5) is 22.1. The minimum Gasteiger partial charge on any atom is -0.478 e. The molecule has 0 unspecified atom stereocenters. The number of amides is 1. The second kappa shape index (κ2) is 6.66. The van der Waals surface area contributed by atoms with Gasteiger partial charge in [0.2, 0.25) is 5.91 Å². The number of hydrogen-bond acceptors (Lipinski definition) is 3. The lowest BCUT2D eigenvalue weighted by molar-refractivity contribution is -0.118. The van der Waals surface area contributed by atoms with Crippen LogP contribution >= 0.6 is 11.6 Å². The molecule has 0 fully saturated rings. The van der Waals surface area contributed by atoms with Crippen LogP contribution in [0.25, 0.3) is 5.69 Å². The maximum Gasteiger partial charge on any atom is 0.337 e. The van der Waals surface area contributed by atoms with Gasteiger partial charge in [-0.3, -0.25) is 4.79 Å². The number of hydrazone groups is 1. The van der Waals surface area contributed by atoms with Crippen LogP contribution in [0.15, 0.2) is 29.4 Å². The highest BCUT2D eigenvalue weighted by Gasteiger charge is 2.14. The lowest BCUT2D eigenvalue weighted by atomic mass is 10.2. The summed E-state index contributed by atoms with van der Waals surface area (Å²) < 4.78 is 1.90. The fraction of sp³-hybridized carbons (Fsp3) is 0.188. The Morgan fingerprint density at radius 1 is 1.30 bits per heavy atom. The molecule has 1 aromatic heterocycles. The second-order valence-electron chi connectivity index (χ2n) is 5.06. The number of halogens is 1. The second-order valence-corrected chi connectivity index (χ2v) is 5.46. The number of aryl methyl sites for hydroxylation is 1. The molecule has 0 spiro atoms. The summed E-state index contributed by atoms with van der Waals surface area (Å²) in [5.41, 5.74) is 5.69. The van der Waals surface area contributed by atoms with Crippen LogP contribution < -0.4 is 5.43 Å². The normalized spacial score (nSPS) is 11.0. The van der Waals surface area contributed by atoms with Crippen molar-refractivity contribution in [2.45, 2.75) is 20.8 Å². The highest BCUT2D eigenvalue weighted by Crippen LogP contribution is 2.24. The molecule has 0 saturated heterocycles. The van der Waals surface area contributed by atoms with Gasteiger partial charge in [0, 0.05) is 29.6 Å². The maximum atomic E-state index is 11.2. The van der Waals surface area contributed by atoms with Gasteiger partial charge >= 0.3 is 5.97 Å². The molecule has 0 bridgehead atoms. The average Bonchev–Trinajstić information content (AvgIpc) is 2.74. The van der Waals surface area contributed by atoms with Crippen LogP contribution in [0.1, 0.15) is 34.2 Å². The lowest BCUT2D eigenvalue weighted by Gasteiger charge is -2.11. The van der Waals surface area contributed by atoms with E-state index in [-0.39, 0.29) is 16.5 Å². The molecule has 0 aliphatic heterocycles. The molecule has 1 aromatic carbocycles. The van der Waals surface area contributed by atoms with Crippen LogP contribution in [0, 0.1) is 13.8 Å². The van der Waals surface area contributed by atoms with Crippen LogP contribution in [-0.4, -0.2) is 27.8 Å². The van der Waals surface area contributed by atoms with Crippen molar-refractivity contribution in [3.05, 3.63) is 51.8 Å². The van der Waals surface area contributed by atoms with Crippen LogP contribution in [0.5, 0.6) is 0 Å². The van der Waals surface area contributed by atoms with Crippen molar-refractivity contribution in [3.63, 3.8) is 0 Å². The molecule has 2 N–H and O–H groups in total. The first kappa shape index (κ1) is 16.8. The number of hydrogen-bond donors (Lipinski definition) is 2. The van der Waals surface area contributed by atoms with Crippen molar-refractivity contribution >= 4 is 29.7 Å². The Morgan fingerprint density at radius 2 is 2.00 bits per heavy atom. The number of carbonyl (C=O) groups excluding carboxylic acids is 1. The van der Waals surface area contributed by atoms with Crippen molar-refractivity contribution in [1.82, 2.24) is 9.99 Å². The van der Waals surface area contributed by atoms with Gasteiger partial charge in [0.05, 0.1) is 16.8 Å². The standard InChI is InChI=1S/C16H16ClN3O3/c1-9-6-12(8-18-19-11(3)21)10(2)20(9)13-4-5-15(17)14(7-13)16(22)23/h4-8H,1-3H3,(H,19,21)(H,22,23)/b18-8-. The Labute approximate surface area is 138 Å². The Morgan fingerprint density at radius 3 is 2.61 bits per heavy atom. The Kier molecular flexibility index (Phi) is 4.86. The van der Waals surface area contributed by atoms with Gasteiger partial charge in [0.15, 0.2) is 0 Å². The Bertz CT molecular complexity index is 809. The fourth-order valence-electron chi connectivity index (χ4n) is 2.32. The van der Waals surface area contributed by atoms with Crippen molar-refractivity contribution < 1.29 is 14.7 Å². The zero-order valence-electron chi connectivity index (χ0n) is 12.9. The summed E-state index contributed by atoms with van der Waals surface area (Å²) in [6.07, 6.45) is 1.55. The largest absolute Gasteiger partial charge is 0.478 e. The van der Waals surface area contributed by atoms with Crippen molar-refractivity contribution in [3.8, 4) is 5.69 Å². The number of carbonyl (C=O) groups is 2. The predicted molar refractivity (Wildman–Crippen MR) is 88.6 cm³/mol. The minimum atomic E-state index is -1.08. The highest BCUT2D eigenvalue weighted by molar-refractivity contribution is 6.33. The number of nitrogens with one attached hydrogen (secondary N) is 1. The first-order chi connectivity index (χ1) is 10.8. The maximum absolute atomic E-state index is 11.2. The number of aromatic nitrogens is 1. The van der Waals surface area contributed by atoms with Gasteiger partial charge in [-0.2, -0.15) is 5.10 Å². The minimum absolute atomic E-state index is 0.0464. The van der Waals surface area contributed by atoms with E-state index in [1.165, 1.54) is 13.0 Å². The third-order valence-electron chi connectivity index (χ3n) is 3.33. The molecule has 0 aliphatic carbocycles. The molecular formula is C16H16ClN3O3. The van der Waals surface area contributed by atoms with E-state index in [9.17, 15) is 14.7 Å². The molecule has 0 atom stereocenters. The third kappa shape index (κ3) is 3.60. The number of benzene rings is 1. The fourth-order valence-corrected chi connectivity index (χ4v) is 2.52. The molecule has 0 aliphatic rings. The first-order valence-corrected chi connectivity index (χ1v) is 7.21. The molecule has 1 heterocycles. The molecule has 2 rings (SSSR count). The van der Waals surface area contributed by atoms with Crippen molar-refractivity contribution in [2.24, 2.45) is 5.10 Å². The van der Waals surface area contributed by atoms with Gasteiger partial charge in [-0.1, -0.05) is 11.6 Å². The van der Waals surface area contributed by atoms with Crippen molar-refractivity contribution in [2.75, 3.05) is 0 Å². The number of carboxylic acids is 1. The number of aromatic carboxylic acids is 1. The van der Waals surface area contributed by atoms with E-state index in [0.29, 0.717) is 5.69 Å². The van der Waals surface area contributed by atoms with E-state index in [4.69, 9.17) is 11.6 Å². The Balaban J connectivity index is 2.47.